The number of ether oxygens (including phenoxy) is 3. The highest BCUT2D eigenvalue weighted by molar-refractivity contribution is 5.56. The van der Waals surface area contributed by atoms with Crippen LogP contribution in [0.4, 0.5) is 0 Å². The highest BCUT2D eigenvalue weighted by atomic mass is 16.7. The quantitative estimate of drug-likeness (QED) is 0.779. The molecule has 0 radical (unpaired) electrons. The molecule has 1 aliphatic rings. The smallest absolute Gasteiger partial charge is 0.231 e. The molecule has 1 aromatic rings. The third kappa shape index (κ3) is 1.55. The standard InChI is InChI=1S/C10H10N2O3/c1-13-8-2-6(7(12)4-11)3-9-10(8)15-5-14-9/h2-3,7H,5,12H2,1H3. The van der Waals surface area contributed by atoms with E-state index in [0.717, 1.165) is 0 Å². The van der Waals surface area contributed by atoms with Crippen molar-refractivity contribution in [2.75, 3.05) is 13.9 Å². The molecule has 0 aliphatic carbocycles. The summed E-state index contributed by atoms with van der Waals surface area (Å²) in [5.41, 5.74) is 6.25. The predicted molar refractivity (Wildman–Crippen MR) is 51.7 cm³/mol. The molecule has 1 aliphatic heterocycles. The second-order valence-electron chi connectivity index (χ2n) is 3.06. The number of rotatable bonds is 2. The Morgan fingerprint density at radius 2 is 2.33 bits per heavy atom. The minimum Gasteiger partial charge on any atom is -0.493 e. The summed E-state index contributed by atoms with van der Waals surface area (Å²) in [6.45, 7) is 0.164. The Labute approximate surface area is 87.0 Å². The summed E-state index contributed by atoms with van der Waals surface area (Å²) in [7, 11) is 1.53. The number of nitrogens with zero attached hydrogens (tertiary/aromatic N) is 1. The van der Waals surface area contributed by atoms with Crippen LogP contribution in [-0.4, -0.2) is 13.9 Å². The molecule has 0 saturated heterocycles. The zero-order valence-electron chi connectivity index (χ0n) is 8.19. The van der Waals surface area contributed by atoms with Crippen molar-refractivity contribution < 1.29 is 14.2 Å². The lowest BCUT2D eigenvalue weighted by atomic mass is 10.1. The van der Waals surface area contributed by atoms with Crippen LogP contribution in [-0.2, 0) is 0 Å². The van der Waals surface area contributed by atoms with Crippen LogP contribution in [0.25, 0.3) is 0 Å². The highest BCUT2D eigenvalue weighted by Crippen LogP contribution is 2.42. The van der Waals surface area contributed by atoms with Crippen molar-refractivity contribution in [1.29, 1.82) is 5.26 Å². The van der Waals surface area contributed by atoms with E-state index in [2.05, 4.69) is 0 Å². The summed E-state index contributed by atoms with van der Waals surface area (Å²) >= 11 is 0. The largest absolute Gasteiger partial charge is 0.493 e. The molecule has 15 heavy (non-hydrogen) atoms. The lowest BCUT2D eigenvalue weighted by Crippen LogP contribution is -2.07. The van der Waals surface area contributed by atoms with Crippen LogP contribution in [0, 0.1) is 11.3 Å². The van der Waals surface area contributed by atoms with Gasteiger partial charge in [-0.1, -0.05) is 0 Å². The minimum absolute atomic E-state index is 0.164. The van der Waals surface area contributed by atoms with Crippen molar-refractivity contribution in [2.24, 2.45) is 5.73 Å². The molecular weight excluding hydrogens is 196 g/mol. The van der Waals surface area contributed by atoms with E-state index in [1.807, 2.05) is 6.07 Å². The van der Waals surface area contributed by atoms with E-state index in [4.69, 9.17) is 25.2 Å². The molecule has 1 unspecified atom stereocenters. The van der Waals surface area contributed by atoms with E-state index in [1.54, 1.807) is 12.1 Å². The molecule has 5 heteroatoms. The van der Waals surface area contributed by atoms with Gasteiger partial charge in [0.25, 0.3) is 0 Å². The Morgan fingerprint density at radius 3 is 3.00 bits per heavy atom. The van der Waals surface area contributed by atoms with Crippen molar-refractivity contribution in [3.63, 3.8) is 0 Å². The van der Waals surface area contributed by atoms with Gasteiger partial charge >= 0.3 is 0 Å². The average Bonchev–Trinajstić information content (AvgIpc) is 2.74. The monoisotopic (exact) mass is 206 g/mol. The van der Waals surface area contributed by atoms with E-state index in [0.29, 0.717) is 22.8 Å². The molecule has 0 bridgehead atoms. The number of nitriles is 1. The van der Waals surface area contributed by atoms with E-state index in [-0.39, 0.29) is 6.79 Å². The van der Waals surface area contributed by atoms with Crippen molar-refractivity contribution in [1.82, 2.24) is 0 Å². The third-order valence-corrected chi connectivity index (χ3v) is 2.18. The first-order chi connectivity index (χ1) is 7.26. The van der Waals surface area contributed by atoms with E-state index in [9.17, 15) is 0 Å². The Hall–Kier alpha value is -1.93. The Bertz CT molecular complexity index is 425. The molecule has 5 nitrogen and oxygen atoms in total. The molecule has 0 aromatic heterocycles. The molecule has 0 fully saturated rings. The van der Waals surface area contributed by atoms with E-state index >= 15 is 0 Å². The average molecular weight is 206 g/mol. The summed E-state index contributed by atoms with van der Waals surface area (Å²) in [6, 6.07) is 4.64. The lowest BCUT2D eigenvalue weighted by Gasteiger charge is -2.08. The first-order valence-electron chi connectivity index (χ1n) is 4.39. The Balaban J connectivity index is 2.49. The van der Waals surface area contributed by atoms with Gasteiger partial charge in [-0.15, -0.1) is 0 Å². The molecule has 2 N–H and O–H groups in total. The van der Waals surface area contributed by atoms with Crippen LogP contribution in [0.2, 0.25) is 0 Å². The molecule has 0 spiro atoms. The fraction of sp³-hybridized carbons (Fsp3) is 0.300. The van der Waals surface area contributed by atoms with Gasteiger partial charge in [0.05, 0.1) is 13.2 Å². The van der Waals surface area contributed by atoms with E-state index < -0.39 is 6.04 Å². The van der Waals surface area contributed by atoms with Gasteiger partial charge in [-0.05, 0) is 17.7 Å². The predicted octanol–water partition coefficient (Wildman–Crippen LogP) is 0.947. The molecule has 1 aromatic carbocycles. The van der Waals surface area contributed by atoms with E-state index in [1.165, 1.54) is 7.11 Å². The number of hydrogen-bond donors (Lipinski definition) is 1. The zero-order chi connectivity index (χ0) is 10.8. The fourth-order valence-corrected chi connectivity index (χ4v) is 1.40. The van der Waals surface area contributed by atoms with Crippen molar-refractivity contribution >= 4 is 0 Å². The van der Waals surface area contributed by atoms with Gasteiger partial charge in [0, 0.05) is 0 Å². The van der Waals surface area contributed by atoms with Gasteiger partial charge in [-0.3, -0.25) is 0 Å². The lowest BCUT2D eigenvalue weighted by molar-refractivity contribution is 0.171. The number of nitrogens with two attached hydrogens (primary N) is 1. The molecule has 1 heterocycles. The molecule has 0 amide bonds. The van der Waals surface area contributed by atoms with Crippen molar-refractivity contribution in [3.8, 4) is 23.3 Å². The molecule has 2 rings (SSSR count). The van der Waals surface area contributed by atoms with Gasteiger partial charge in [-0.25, -0.2) is 0 Å². The van der Waals surface area contributed by atoms with Crippen LogP contribution in [0.1, 0.15) is 11.6 Å². The number of fused-ring (bicyclic) bond motifs is 1. The molecule has 78 valence electrons. The van der Waals surface area contributed by atoms with Crippen LogP contribution in [0.15, 0.2) is 12.1 Å². The molecule has 0 saturated carbocycles. The number of methoxy groups -OCH3 is 1. The normalized spacial score (nSPS) is 14.5. The fourth-order valence-electron chi connectivity index (χ4n) is 1.40. The topological polar surface area (TPSA) is 77.5 Å². The maximum atomic E-state index is 8.71. The second kappa shape index (κ2) is 3.67. The zero-order valence-corrected chi connectivity index (χ0v) is 8.19. The van der Waals surface area contributed by atoms with Gasteiger partial charge in [0.1, 0.15) is 6.04 Å². The third-order valence-electron chi connectivity index (χ3n) is 2.18. The number of benzene rings is 1. The first-order valence-corrected chi connectivity index (χ1v) is 4.39. The SMILES string of the molecule is COc1cc(C(N)C#N)cc2c1OCO2. The second-order valence-corrected chi connectivity index (χ2v) is 3.06. The van der Waals surface area contributed by atoms with Gasteiger partial charge < -0.3 is 19.9 Å². The number of hydrogen-bond acceptors (Lipinski definition) is 5. The van der Waals surface area contributed by atoms with Crippen molar-refractivity contribution in [2.45, 2.75) is 6.04 Å². The van der Waals surface area contributed by atoms with Gasteiger partial charge in [-0.2, -0.15) is 5.26 Å². The summed E-state index contributed by atoms with van der Waals surface area (Å²) in [5, 5.41) is 8.71. The van der Waals surface area contributed by atoms with Crippen LogP contribution < -0.4 is 19.9 Å². The maximum Gasteiger partial charge on any atom is 0.231 e. The summed E-state index contributed by atoms with van der Waals surface area (Å²) in [6.07, 6.45) is 0. The first kappa shape index (κ1) is 9.62. The Morgan fingerprint density at radius 1 is 1.53 bits per heavy atom. The van der Waals surface area contributed by atoms with Gasteiger partial charge in [0.15, 0.2) is 11.5 Å². The van der Waals surface area contributed by atoms with Crippen LogP contribution in [0.3, 0.4) is 0 Å². The molecular formula is C10H10N2O3. The summed E-state index contributed by atoms with van der Waals surface area (Å²) < 4.78 is 15.5. The van der Waals surface area contributed by atoms with Crippen LogP contribution in [0.5, 0.6) is 17.2 Å². The van der Waals surface area contributed by atoms with Crippen LogP contribution >= 0.6 is 0 Å². The highest BCUT2D eigenvalue weighted by Gasteiger charge is 2.21. The summed E-state index contributed by atoms with van der Waals surface area (Å²) in [5.74, 6) is 1.66. The Kier molecular flexibility index (Phi) is 2.35. The summed E-state index contributed by atoms with van der Waals surface area (Å²) in [4.78, 5) is 0. The van der Waals surface area contributed by atoms with Crippen molar-refractivity contribution in [3.05, 3.63) is 17.7 Å². The van der Waals surface area contributed by atoms with Gasteiger partial charge in [0.2, 0.25) is 12.5 Å². The maximum absolute atomic E-state index is 8.71. The minimum atomic E-state index is -0.687. The molecule has 1 atom stereocenters.